The molecule has 4 rings (SSSR count). The predicted octanol–water partition coefficient (Wildman–Crippen LogP) is 3.02. The number of ether oxygens (including phenoxy) is 2. The van der Waals surface area contributed by atoms with Gasteiger partial charge in [-0.05, 0) is 52.7 Å². The topological polar surface area (TPSA) is 143 Å². The van der Waals surface area contributed by atoms with Crippen LogP contribution >= 0.6 is 22.6 Å². The highest BCUT2D eigenvalue weighted by atomic mass is 127. The van der Waals surface area contributed by atoms with Gasteiger partial charge in [-0.3, -0.25) is 4.57 Å². The molecule has 1 aliphatic heterocycles. The van der Waals surface area contributed by atoms with Crippen LogP contribution in [-0.4, -0.2) is 56.1 Å². The molecule has 0 aliphatic carbocycles. The molecule has 0 spiro atoms. The summed E-state index contributed by atoms with van der Waals surface area (Å²) in [6, 6.07) is 7.43. The summed E-state index contributed by atoms with van der Waals surface area (Å²) in [6.07, 6.45) is 1.71. The third-order valence-electron chi connectivity index (χ3n) is 5.35. The molecule has 31 heavy (non-hydrogen) atoms. The van der Waals surface area contributed by atoms with Crippen LogP contribution in [0.2, 0.25) is 0 Å². The van der Waals surface area contributed by atoms with E-state index in [1.165, 1.54) is 13.4 Å². The Kier molecular flexibility index (Phi) is 6.25. The van der Waals surface area contributed by atoms with Crippen molar-refractivity contribution in [2.24, 2.45) is 5.11 Å². The third-order valence-corrected chi connectivity index (χ3v) is 6.02. The van der Waals surface area contributed by atoms with Crippen molar-refractivity contribution in [3.8, 4) is 0 Å². The van der Waals surface area contributed by atoms with Gasteiger partial charge in [0.05, 0.1) is 19.0 Å². The molecule has 3 unspecified atom stereocenters. The van der Waals surface area contributed by atoms with Gasteiger partial charge in [0.25, 0.3) is 0 Å². The van der Waals surface area contributed by atoms with Crippen molar-refractivity contribution in [1.82, 2.24) is 19.5 Å². The molecular formula is C19H21IN8O3. The lowest BCUT2D eigenvalue weighted by Crippen LogP contribution is -2.42. The van der Waals surface area contributed by atoms with Crippen LogP contribution in [0.15, 0.2) is 42.0 Å². The number of hydrogen-bond acceptors (Lipinski definition) is 8. The average Bonchev–Trinajstić information content (AvgIpc) is 3.32. The van der Waals surface area contributed by atoms with E-state index in [9.17, 15) is 5.11 Å². The number of aromatic nitrogens is 4. The van der Waals surface area contributed by atoms with Crippen LogP contribution in [0.1, 0.15) is 18.7 Å². The van der Waals surface area contributed by atoms with Crippen LogP contribution in [0, 0.1) is 3.57 Å². The van der Waals surface area contributed by atoms with E-state index in [2.05, 4.69) is 59.0 Å². The Bertz CT molecular complexity index is 1130. The van der Waals surface area contributed by atoms with Gasteiger partial charge in [0, 0.05) is 22.1 Å². The molecule has 1 saturated heterocycles. The van der Waals surface area contributed by atoms with Gasteiger partial charge in [-0.2, -0.15) is 0 Å². The summed E-state index contributed by atoms with van der Waals surface area (Å²) in [5.41, 5.74) is 10.1. The van der Waals surface area contributed by atoms with E-state index in [0.717, 1.165) is 9.13 Å². The van der Waals surface area contributed by atoms with E-state index in [1.807, 2.05) is 18.2 Å². The van der Waals surface area contributed by atoms with E-state index in [1.54, 1.807) is 17.8 Å². The van der Waals surface area contributed by atoms with Gasteiger partial charge in [-0.15, -0.1) is 0 Å². The van der Waals surface area contributed by atoms with Gasteiger partial charge < -0.3 is 19.9 Å². The number of azide groups is 1. The molecule has 1 fully saturated rings. The highest BCUT2D eigenvalue weighted by Crippen LogP contribution is 2.41. The van der Waals surface area contributed by atoms with Crippen LogP contribution in [-0.2, 0) is 16.0 Å². The van der Waals surface area contributed by atoms with Crippen LogP contribution < -0.4 is 5.32 Å². The minimum atomic E-state index is -1.10. The standard InChI is InChI=1S/C19H21IN8O3/c1-19(8-29)15(26-27-21)14(30-2)18(31-19)28-10-25-13-16(23-9-24-17(13)28)22-7-11-4-3-5-12(20)6-11/h3-6,9-10,14-15,18,29H,7-8H2,1-2H3,(H,22,23,24)/t14?,15?,18-,19?/m1/s1. The normalized spacial score (nSPS) is 25.5. The number of aliphatic hydroxyl groups is 1. The monoisotopic (exact) mass is 536 g/mol. The molecule has 12 heteroatoms. The maximum atomic E-state index is 9.88. The van der Waals surface area contributed by atoms with Crippen LogP contribution in [0.5, 0.6) is 0 Å². The van der Waals surface area contributed by atoms with Crippen molar-refractivity contribution in [2.75, 3.05) is 19.0 Å². The number of anilines is 1. The van der Waals surface area contributed by atoms with E-state index in [0.29, 0.717) is 23.5 Å². The summed E-state index contributed by atoms with van der Waals surface area (Å²) in [7, 11) is 1.51. The maximum Gasteiger partial charge on any atom is 0.167 e. The van der Waals surface area contributed by atoms with Crippen molar-refractivity contribution >= 4 is 39.6 Å². The molecule has 2 aromatic heterocycles. The van der Waals surface area contributed by atoms with Gasteiger partial charge in [0.1, 0.15) is 18.0 Å². The Morgan fingerprint density at radius 2 is 2.26 bits per heavy atom. The molecule has 0 saturated carbocycles. The first-order chi connectivity index (χ1) is 15.0. The lowest BCUT2D eigenvalue weighted by atomic mass is 9.96. The highest BCUT2D eigenvalue weighted by molar-refractivity contribution is 14.1. The van der Waals surface area contributed by atoms with Gasteiger partial charge in [0.15, 0.2) is 23.2 Å². The number of nitrogens with zero attached hydrogens (tertiary/aromatic N) is 7. The van der Waals surface area contributed by atoms with Gasteiger partial charge in [0.2, 0.25) is 0 Å². The van der Waals surface area contributed by atoms with Crippen LogP contribution in [0.25, 0.3) is 21.6 Å². The first kappa shape index (κ1) is 21.7. The number of methoxy groups -OCH3 is 1. The molecule has 0 amide bonds. The van der Waals surface area contributed by atoms with E-state index >= 15 is 0 Å². The van der Waals surface area contributed by atoms with Crippen molar-refractivity contribution in [3.63, 3.8) is 0 Å². The molecule has 1 aromatic carbocycles. The number of rotatable bonds is 7. The van der Waals surface area contributed by atoms with Crippen molar-refractivity contribution < 1.29 is 14.6 Å². The molecule has 3 aromatic rings. The summed E-state index contributed by atoms with van der Waals surface area (Å²) < 4.78 is 14.6. The second-order valence-corrected chi connectivity index (χ2v) is 8.60. The molecule has 0 bridgehead atoms. The lowest BCUT2D eigenvalue weighted by Gasteiger charge is -2.25. The molecule has 0 radical (unpaired) electrons. The smallest absolute Gasteiger partial charge is 0.167 e. The zero-order valence-corrected chi connectivity index (χ0v) is 19.0. The fourth-order valence-corrected chi connectivity index (χ4v) is 4.36. The number of nitrogens with one attached hydrogen (secondary N) is 1. The third kappa shape index (κ3) is 4.04. The van der Waals surface area contributed by atoms with Crippen LogP contribution in [0.3, 0.4) is 0 Å². The maximum absolute atomic E-state index is 9.88. The molecule has 2 N–H and O–H groups in total. The number of aliphatic hydroxyl groups excluding tert-OH is 1. The second-order valence-electron chi connectivity index (χ2n) is 7.36. The molecule has 3 heterocycles. The van der Waals surface area contributed by atoms with Crippen LogP contribution in [0.4, 0.5) is 5.82 Å². The zero-order chi connectivity index (χ0) is 22.0. The Morgan fingerprint density at radius 1 is 1.42 bits per heavy atom. The van der Waals surface area contributed by atoms with Crippen molar-refractivity contribution in [1.29, 1.82) is 0 Å². The Morgan fingerprint density at radius 3 is 2.97 bits per heavy atom. The second kappa shape index (κ2) is 8.93. The molecule has 11 nitrogen and oxygen atoms in total. The highest BCUT2D eigenvalue weighted by Gasteiger charge is 2.53. The Labute approximate surface area is 191 Å². The van der Waals surface area contributed by atoms with Gasteiger partial charge in [-0.1, -0.05) is 17.2 Å². The first-order valence-corrected chi connectivity index (χ1v) is 10.6. The zero-order valence-electron chi connectivity index (χ0n) is 16.9. The summed E-state index contributed by atoms with van der Waals surface area (Å²) in [5, 5.41) is 17.0. The largest absolute Gasteiger partial charge is 0.393 e. The summed E-state index contributed by atoms with van der Waals surface area (Å²) in [6.45, 7) is 1.93. The number of halogens is 1. The quantitative estimate of drug-likeness (QED) is 0.205. The predicted molar refractivity (Wildman–Crippen MR) is 121 cm³/mol. The molecule has 4 atom stereocenters. The summed E-state index contributed by atoms with van der Waals surface area (Å²) >= 11 is 2.27. The van der Waals surface area contributed by atoms with Gasteiger partial charge >= 0.3 is 0 Å². The number of hydrogen-bond donors (Lipinski definition) is 2. The minimum Gasteiger partial charge on any atom is -0.393 e. The summed E-state index contributed by atoms with van der Waals surface area (Å²) in [5.74, 6) is 0.589. The van der Waals surface area contributed by atoms with Crippen molar-refractivity contribution in [2.45, 2.75) is 37.4 Å². The lowest BCUT2D eigenvalue weighted by molar-refractivity contribution is -0.103. The van der Waals surface area contributed by atoms with Crippen molar-refractivity contribution in [3.05, 3.63) is 56.5 Å². The van der Waals surface area contributed by atoms with Gasteiger partial charge in [-0.25, -0.2) is 15.0 Å². The van der Waals surface area contributed by atoms with E-state index in [-0.39, 0.29) is 6.61 Å². The fraction of sp³-hybridized carbons (Fsp3) is 0.421. The van der Waals surface area contributed by atoms with E-state index < -0.39 is 24.0 Å². The SMILES string of the molecule is COC1C(N=[N+]=[N-])C(C)(CO)O[C@H]1n1cnc2c(NCc3cccc(I)c3)ncnc21. The van der Waals surface area contributed by atoms with E-state index in [4.69, 9.17) is 15.0 Å². The summed E-state index contributed by atoms with van der Waals surface area (Å²) in [4.78, 5) is 16.1. The molecule has 162 valence electrons. The Hall–Kier alpha value is -2.51. The molecular weight excluding hydrogens is 515 g/mol. The average molecular weight is 536 g/mol. The number of fused-ring (bicyclic) bond motifs is 1. The molecule has 1 aliphatic rings. The number of benzene rings is 1. The fourth-order valence-electron chi connectivity index (χ4n) is 3.75. The minimum absolute atomic E-state index is 0.336. The number of imidazole rings is 1. The first-order valence-electron chi connectivity index (χ1n) is 9.52. The Balaban J connectivity index is 1.66.